The third kappa shape index (κ3) is 4.36. The summed E-state index contributed by atoms with van der Waals surface area (Å²) in [6.45, 7) is 7.56. The highest BCUT2D eigenvalue weighted by molar-refractivity contribution is 7.16. The van der Waals surface area contributed by atoms with E-state index in [0.29, 0.717) is 0 Å². The van der Waals surface area contributed by atoms with Crippen LogP contribution in [0.3, 0.4) is 0 Å². The van der Waals surface area contributed by atoms with E-state index in [-0.39, 0.29) is 0 Å². The number of nitrogens with one attached hydrogen (secondary N) is 1. The van der Waals surface area contributed by atoms with Gasteiger partial charge in [-0.2, -0.15) is 0 Å². The summed E-state index contributed by atoms with van der Waals surface area (Å²) in [5.41, 5.74) is 1.11. The molecular weight excluding hydrogens is 336 g/mol. The fourth-order valence-electron chi connectivity index (χ4n) is 2.98. The minimum absolute atomic E-state index is 0.846. The molecule has 2 aromatic heterocycles. The van der Waals surface area contributed by atoms with E-state index >= 15 is 0 Å². The van der Waals surface area contributed by atoms with Gasteiger partial charge < -0.3 is 10.2 Å². The van der Waals surface area contributed by atoms with Gasteiger partial charge in [-0.15, -0.1) is 22.7 Å². The number of piperidine rings is 1. The number of rotatable bonds is 4. The second kappa shape index (κ2) is 8.12. The van der Waals surface area contributed by atoms with E-state index in [1.165, 1.54) is 22.6 Å². The molecule has 3 rings (SSSR count). The summed E-state index contributed by atoms with van der Waals surface area (Å²) in [5, 5.41) is 6.79. The first-order chi connectivity index (χ1) is 11.7. The molecule has 0 bridgehead atoms. The monoisotopic (exact) mass is 362 g/mol. The lowest BCUT2D eigenvalue weighted by atomic mass is 10.00. The van der Waals surface area contributed by atoms with Gasteiger partial charge in [0.1, 0.15) is 0 Å². The van der Waals surface area contributed by atoms with Crippen LogP contribution < -0.4 is 5.32 Å². The number of hydrogen-bond donors (Lipinski definition) is 1. The van der Waals surface area contributed by atoms with E-state index in [0.717, 1.165) is 48.6 Å². The maximum Gasteiger partial charge on any atom is 0.193 e. The smallest absolute Gasteiger partial charge is 0.193 e. The third-order valence-corrected chi connectivity index (χ3v) is 6.42. The molecular formula is C18H26N4S2. The van der Waals surface area contributed by atoms with Crippen LogP contribution in [0.2, 0.25) is 0 Å². The quantitative estimate of drug-likeness (QED) is 0.659. The van der Waals surface area contributed by atoms with Crippen molar-refractivity contribution < 1.29 is 0 Å². The number of likely N-dealkylation sites (tertiary alicyclic amines) is 1. The molecule has 0 aliphatic carbocycles. The minimum Gasteiger partial charge on any atom is -0.356 e. The zero-order valence-corrected chi connectivity index (χ0v) is 16.3. The predicted octanol–water partition coefficient (Wildman–Crippen LogP) is 4.03. The third-order valence-electron chi connectivity index (χ3n) is 4.48. The summed E-state index contributed by atoms with van der Waals surface area (Å²) < 4.78 is 0. The van der Waals surface area contributed by atoms with Crippen LogP contribution >= 0.6 is 22.7 Å². The molecule has 2 aromatic rings. The van der Waals surface area contributed by atoms with Gasteiger partial charge in [0.15, 0.2) is 5.96 Å². The van der Waals surface area contributed by atoms with Gasteiger partial charge in [-0.05, 0) is 44.2 Å². The maximum absolute atomic E-state index is 4.57. The van der Waals surface area contributed by atoms with E-state index in [1.807, 2.05) is 18.4 Å². The predicted molar refractivity (Wildman–Crippen MR) is 105 cm³/mol. The molecule has 1 aliphatic heterocycles. The second-order valence-electron chi connectivity index (χ2n) is 6.41. The first-order valence-electron chi connectivity index (χ1n) is 8.62. The van der Waals surface area contributed by atoms with Crippen LogP contribution in [0.1, 0.15) is 29.7 Å². The number of nitrogens with zero attached hydrogens (tertiary/aromatic N) is 3. The van der Waals surface area contributed by atoms with Crippen molar-refractivity contribution in [3.63, 3.8) is 0 Å². The summed E-state index contributed by atoms with van der Waals surface area (Å²) >= 11 is 3.56. The number of hydrogen-bond acceptors (Lipinski definition) is 4. The van der Waals surface area contributed by atoms with Crippen molar-refractivity contribution in [2.75, 3.05) is 26.7 Å². The highest BCUT2D eigenvalue weighted by Crippen LogP contribution is 2.29. The Bertz CT molecular complexity index is 681. The van der Waals surface area contributed by atoms with Crippen molar-refractivity contribution in [1.29, 1.82) is 0 Å². The summed E-state index contributed by atoms with van der Waals surface area (Å²) in [6.07, 6.45) is 3.56. The highest BCUT2D eigenvalue weighted by Gasteiger charge is 2.18. The Morgan fingerprint density at radius 1 is 1.38 bits per heavy atom. The summed E-state index contributed by atoms with van der Waals surface area (Å²) in [6, 6.07) is 4.41. The topological polar surface area (TPSA) is 40.5 Å². The standard InChI is InChI=1S/C18H26N4S2/c1-13-7-10-22(11-8-13)18(19-3)20-9-6-15-4-5-17(24-15)16-12-23-14(2)21-16/h4-5,12-13H,6-11H2,1-3H3,(H,19,20). The van der Waals surface area contributed by atoms with Crippen LogP contribution in [0.15, 0.2) is 22.5 Å². The Labute approximate surface area is 152 Å². The van der Waals surface area contributed by atoms with Crippen LogP contribution in [0.4, 0.5) is 0 Å². The van der Waals surface area contributed by atoms with E-state index in [1.54, 1.807) is 11.3 Å². The number of guanidine groups is 1. The van der Waals surface area contributed by atoms with Gasteiger partial charge in [-0.1, -0.05) is 6.92 Å². The lowest BCUT2D eigenvalue weighted by Gasteiger charge is -2.32. The average molecular weight is 363 g/mol. The molecule has 4 nitrogen and oxygen atoms in total. The van der Waals surface area contributed by atoms with Gasteiger partial charge >= 0.3 is 0 Å². The maximum atomic E-state index is 4.57. The molecule has 1 aliphatic rings. The van der Waals surface area contributed by atoms with E-state index in [4.69, 9.17) is 0 Å². The largest absolute Gasteiger partial charge is 0.356 e. The number of thiazole rings is 1. The molecule has 6 heteroatoms. The Morgan fingerprint density at radius 2 is 2.17 bits per heavy atom. The summed E-state index contributed by atoms with van der Waals surface area (Å²) in [5.74, 6) is 1.90. The molecule has 1 fully saturated rings. The van der Waals surface area contributed by atoms with Crippen molar-refractivity contribution in [2.45, 2.75) is 33.1 Å². The van der Waals surface area contributed by atoms with Gasteiger partial charge in [-0.3, -0.25) is 4.99 Å². The van der Waals surface area contributed by atoms with E-state index < -0.39 is 0 Å². The Balaban J connectivity index is 1.50. The molecule has 0 unspecified atom stereocenters. The fourth-order valence-corrected chi connectivity index (χ4v) is 4.63. The van der Waals surface area contributed by atoms with Crippen LogP contribution in [-0.2, 0) is 6.42 Å². The molecule has 0 atom stereocenters. The minimum atomic E-state index is 0.846. The lowest BCUT2D eigenvalue weighted by molar-refractivity contribution is 0.273. The van der Waals surface area contributed by atoms with Crippen LogP contribution in [-0.4, -0.2) is 42.5 Å². The van der Waals surface area contributed by atoms with E-state index in [9.17, 15) is 0 Å². The molecule has 0 saturated carbocycles. The number of thiophene rings is 1. The zero-order chi connectivity index (χ0) is 16.9. The summed E-state index contributed by atoms with van der Waals surface area (Å²) in [4.78, 5) is 14.1. The van der Waals surface area contributed by atoms with Gasteiger partial charge in [0, 0.05) is 36.9 Å². The lowest BCUT2D eigenvalue weighted by Crippen LogP contribution is -2.45. The van der Waals surface area contributed by atoms with Gasteiger partial charge in [0.05, 0.1) is 15.6 Å². The van der Waals surface area contributed by atoms with Crippen LogP contribution in [0.5, 0.6) is 0 Å². The highest BCUT2D eigenvalue weighted by atomic mass is 32.1. The fraction of sp³-hybridized carbons (Fsp3) is 0.556. The number of aromatic nitrogens is 1. The molecule has 0 amide bonds. The van der Waals surface area contributed by atoms with Crippen molar-refractivity contribution in [3.8, 4) is 10.6 Å². The molecule has 1 N–H and O–H groups in total. The van der Waals surface area contributed by atoms with Crippen LogP contribution in [0.25, 0.3) is 10.6 Å². The van der Waals surface area contributed by atoms with Gasteiger partial charge in [-0.25, -0.2) is 4.98 Å². The average Bonchev–Trinajstić information content (AvgIpc) is 3.21. The first-order valence-corrected chi connectivity index (χ1v) is 10.3. The molecule has 0 radical (unpaired) electrons. The molecule has 1 saturated heterocycles. The molecule has 0 spiro atoms. The molecule has 24 heavy (non-hydrogen) atoms. The number of aryl methyl sites for hydroxylation is 1. The van der Waals surface area contributed by atoms with Gasteiger partial charge in [0.25, 0.3) is 0 Å². The number of aliphatic imine (C=N–C) groups is 1. The zero-order valence-electron chi connectivity index (χ0n) is 14.7. The Hall–Kier alpha value is -1.40. The van der Waals surface area contributed by atoms with Crippen molar-refractivity contribution in [2.24, 2.45) is 10.9 Å². The van der Waals surface area contributed by atoms with Crippen molar-refractivity contribution in [3.05, 3.63) is 27.4 Å². The normalized spacial score (nSPS) is 16.6. The van der Waals surface area contributed by atoms with Crippen molar-refractivity contribution >= 4 is 28.6 Å². The van der Waals surface area contributed by atoms with Crippen LogP contribution in [0, 0.1) is 12.8 Å². The van der Waals surface area contributed by atoms with Gasteiger partial charge in [0.2, 0.25) is 0 Å². The SMILES string of the molecule is CN=C(NCCc1ccc(-c2csc(C)n2)s1)N1CCC(C)CC1. The Kier molecular flexibility index (Phi) is 5.89. The van der Waals surface area contributed by atoms with E-state index in [2.05, 4.69) is 51.6 Å². The summed E-state index contributed by atoms with van der Waals surface area (Å²) in [7, 11) is 1.88. The molecule has 0 aromatic carbocycles. The van der Waals surface area contributed by atoms with Crippen molar-refractivity contribution in [1.82, 2.24) is 15.2 Å². The molecule has 3 heterocycles. The molecule has 130 valence electrons. The first kappa shape index (κ1) is 17.4. The second-order valence-corrected chi connectivity index (χ2v) is 8.64. The Morgan fingerprint density at radius 3 is 2.83 bits per heavy atom.